The molecule has 0 aliphatic carbocycles. The molecule has 0 radical (unpaired) electrons. The number of anilines is 1. The molecule has 7 heteroatoms. The molecule has 1 fully saturated rings. The minimum absolute atomic E-state index is 0.0823. The van der Waals surface area contributed by atoms with Crippen LogP contribution in [0.25, 0.3) is 0 Å². The third-order valence-electron chi connectivity index (χ3n) is 4.72. The van der Waals surface area contributed by atoms with Crippen molar-refractivity contribution in [1.82, 2.24) is 9.80 Å². The molecule has 0 spiro atoms. The highest BCUT2D eigenvalue weighted by molar-refractivity contribution is 6.30. The van der Waals surface area contributed by atoms with Crippen LogP contribution in [0.15, 0.2) is 52.1 Å². The Balaban J connectivity index is 1.56. The molecule has 3 rings (SSSR count). The Hall–Kier alpha value is -2.18. The summed E-state index contributed by atoms with van der Waals surface area (Å²) in [4.78, 5) is 11.2. The van der Waals surface area contributed by atoms with Crippen LogP contribution in [0.2, 0.25) is 5.02 Å². The number of hydrogen-bond acceptors (Lipinski definition) is 4. The van der Waals surface area contributed by atoms with Crippen LogP contribution in [-0.4, -0.2) is 62.6 Å². The highest BCUT2D eigenvalue weighted by atomic mass is 35.5. The first-order chi connectivity index (χ1) is 12.5. The standard InChI is InChI=1S/C19H26ClN5O/c1-23(2)17(18-4-3-13-26-18)14-22-19(21)25-11-9-24(10-12-25)16-7-5-15(20)6-8-16/h3-8,13,17H,9-12,14H2,1-2H3,(H2,21,22). The molecule has 0 saturated carbocycles. The SMILES string of the molecule is CN(C)C(CN=C(N)N1CCN(c2ccc(Cl)cc2)CC1)c1ccco1. The Bertz CT molecular complexity index is 706. The van der Waals surface area contributed by atoms with Gasteiger partial charge in [0.2, 0.25) is 0 Å². The van der Waals surface area contributed by atoms with Crippen LogP contribution >= 0.6 is 11.6 Å². The van der Waals surface area contributed by atoms with E-state index < -0.39 is 0 Å². The Kier molecular flexibility index (Phi) is 6.06. The van der Waals surface area contributed by atoms with E-state index in [0.717, 1.165) is 37.0 Å². The van der Waals surface area contributed by atoms with Gasteiger partial charge in [0.25, 0.3) is 0 Å². The van der Waals surface area contributed by atoms with Gasteiger partial charge in [-0.25, -0.2) is 0 Å². The Labute approximate surface area is 159 Å². The zero-order valence-electron chi connectivity index (χ0n) is 15.3. The number of nitrogens with zero attached hydrogens (tertiary/aromatic N) is 4. The largest absolute Gasteiger partial charge is 0.468 e. The number of likely N-dealkylation sites (N-methyl/N-ethyl adjacent to an activating group) is 1. The van der Waals surface area contributed by atoms with E-state index in [1.165, 1.54) is 5.69 Å². The fraction of sp³-hybridized carbons (Fsp3) is 0.421. The third kappa shape index (κ3) is 4.51. The monoisotopic (exact) mass is 375 g/mol. The normalized spacial score (nSPS) is 17.0. The predicted molar refractivity (Wildman–Crippen MR) is 107 cm³/mol. The van der Waals surface area contributed by atoms with Gasteiger partial charge in [0, 0.05) is 36.9 Å². The van der Waals surface area contributed by atoms with Crippen LogP contribution in [0, 0.1) is 0 Å². The number of rotatable bonds is 5. The molecular weight excluding hydrogens is 350 g/mol. The van der Waals surface area contributed by atoms with Gasteiger partial charge in [0.15, 0.2) is 5.96 Å². The lowest BCUT2D eigenvalue weighted by Gasteiger charge is -2.36. The maximum Gasteiger partial charge on any atom is 0.191 e. The summed E-state index contributed by atoms with van der Waals surface area (Å²) in [5, 5.41) is 0.760. The maximum absolute atomic E-state index is 6.25. The molecule has 1 aliphatic rings. The van der Waals surface area contributed by atoms with E-state index in [1.54, 1.807) is 6.26 Å². The van der Waals surface area contributed by atoms with Crippen LogP contribution in [0.4, 0.5) is 5.69 Å². The van der Waals surface area contributed by atoms with E-state index in [4.69, 9.17) is 21.8 Å². The molecule has 2 aromatic rings. The molecule has 1 atom stereocenters. The molecule has 1 aromatic carbocycles. The van der Waals surface area contributed by atoms with Crippen molar-refractivity contribution in [3.8, 4) is 0 Å². The zero-order valence-corrected chi connectivity index (χ0v) is 16.1. The van der Waals surface area contributed by atoms with E-state index in [0.29, 0.717) is 12.5 Å². The lowest BCUT2D eigenvalue weighted by molar-refractivity contribution is 0.264. The molecule has 2 heterocycles. The van der Waals surface area contributed by atoms with Crippen molar-refractivity contribution >= 4 is 23.2 Å². The Morgan fingerprint density at radius 3 is 2.46 bits per heavy atom. The van der Waals surface area contributed by atoms with E-state index in [2.05, 4.69) is 31.8 Å². The minimum atomic E-state index is 0.0823. The molecule has 140 valence electrons. The highest BCUT2D eigenvalue weighted by Crippen LogP contribution is 2.20. The van der Waals surface area contributed by atoms with Crippen molar-refractivity contribution < 1.29 is 4.42 Å². The van der Waals surface area contributed by atoms with E-state index in [9.17, 15) is 0 Å². The number of aliphatic imine (C=N–C) groups is 1. The fourth-order valence-electron chi connectivity index (χ4n) is 3.11. The van der Waals surface area contributed by atoms with Gasteiger partial charge in [-0.15, -0.1) is 0 Å². The van der Waals surface area contributed by atoms with Gasteiger partial charge in [0.1, 0.15) is 5.76 Å². The van der Waals surface area contributed by atoms with E-state index in [1.807, 2.05) is 38.4 Å². The molecular formula is C19H26ClN5O. The molecule has 1 unspecified atom stereocenters. The molecule has 0 amide bonds. The Morgan fingerprint density at radius 2 is 1.88 bits per heavy atom. The van der Waals surface area contributed by atoms with Crippen molar-refractivity contribution in [1.29, 1.82) is 0 Å². The molecule has 1 saturated heterocycles. The lowest BCUT2D eigenvalue weighted by atomic mass is 10.2. The van der Waals surface area contributed by atoms with Crippen LogP contribution in [0.3, 0.4) is 0 Å². The van der Waals surface area contributed by atoms with Crippen molar-refractivity contribution in [3.63, 3.8) is 0 Å². The van der Waals surface area contributed by atoms with E-state index in [-0.39, 0.29) is 6.04 Å². The first-order valence-electron chi connectivity index (χ1n) is 8.80. The molecule has 1 aromatic heterocycles. The van der Waals surface area contributed by atoms with Gasteiger partial charge in [0.05, 0.1) is 18.8 Å². The summed E-state index contributed by atoms with van der Waals surface area (Å²) < 4.78 is 5.52. The number of piperazine rings is 1. The smallest absolute Gasteiger partial charge is 0.191 e. The van der Waals surface area contributed by atoms with Crippen LogP contribution in [0.1, 0.15) is 11.8 Å². The number of furan rings is 1. The average molecular weight is 376 g/mol. The quantitative estimate of drug-likeness (QED) is 0.643. The number of benzene rings is 1. The first-order valence-corrected chi connectivity index (χ1v) is 9.17. The van der Waals surface area contributed by atoms with Gasteiger partial charge in [-0.2, -0.15) is 0 Å². The van der Waals surface area contributed by atoms with Gasteiger partial charge in [-0.3, -0.25) is 9.89 Å². The van der Waals surface area contributed by atoms with Crippen LogP contribution in [-0.2, 0) is 0 Å². The summed E-state index contributed by atoms with van der Waals surface area (Å²) in [6, 6.07) is 11.9. The number of hydrogen-bond donors (Lipinski definition) is 1. The van der Waals surface area contributed by atoms with Crippen LogP contribution in [0.5, 0.6) is 0 Å². The summed E-state index contributed by atoms with van der Waals surface area (Å²) in [7, 11) is 4.04. The van der Waals surface area contributed by atoms with Gasteiger partial charge >= 0.3 is 0 Å². The van der Waals surface area contributed by atoms with Gasteiger partial charge in [-0.1, -0.05) is 11.6 Å². The van der Waals surface area contributed by atoms with Crippen molar-refractivity contribution in [3.05, 3.63) is 53.4 Å². The van der Waals surface area contributed by atoms with Gasteiger partial charge < -0.3 is 20.0 Å². The van der Waals surface area contributed by atoms with Crippen molar-refractivity contribution in [2.75, 3.05) is 51.7 Å². The summed E-state index contributed by atoms with van der Waals surface area (Å²) in [6.07, 6.45) is 1.69. The van der Waals surface area contributed by atoms with Crippen molar-refractivity contribution in [2.45, 2.75) is 6.04 Å². The summed E-state index contributed by atoms with van der Waals surface area (Å²) >= 11 is 5.97. The molecule has 6 nitrogen and oxygen atoms in total. The third-order valence-corrected chi connectivity index (χ3v) is 4.97. The minimum Gasteiger partial charge on any atom is -0.468 e. The second-order valence-electron chi connectivity index (χ2n) is 6.64. The molecule has 26 heavy (non-hydrogen) atoms. The average Bonchev–Trinajstić information content (AvgIpc) is 3.16. The fourth-order valence-corrected chi connectivity index (χ4v) is 3.24. The lowest BCUT2D eigenvalue weighted by Crippen LogP contribution is -2.51. The second-order valence-corrected chi connectivity index (χ2v) is 7.08. The summed E-state index contributed by atoms with van der Waals surface area (Å²) in [5.41, 5.74) is 7.43. The van der Waals surface area contributed by atoms with E-state index >= 15 is 0 Å². The number of guanidine groups is 1. The first kappa shape index (κ1) is 18.6. The predicted octanol–water partition coefficient (Wildman–Crippen LogP) is 2.67. The topological polar surface area (TPSA) is 61.2 Å². The van der Waals surface area contributed by atoms with Gasteiger partial charge in [-0.05, 0) is 50.5 Å². The number of halogens is 1. The summed E-state index contributed by atoms with van der Waals surface area (Å²) in [5.74, 6) is 1.50. The molecule has 2 N–H and O–H groups in total. The molecule has 1 aliphatic heterocycles. The molecule has 0 bridgehead atoms. The van der Waals surface area contributed by atoms with Crippen LogP contribution < -0.4 is 10.6 Å². The number of nitrogens with two attached hydrogens (primary N) is 1. The highest BCUT2D eigenvalue weighted by Gasteiger charge is 2.20. The maximum atomic E-state index is 6.25. The van der Waals surface area contributed by atoms with Crippen molar-refractivity contribution in [2.24, 2.45) is 10.7 Å². The summed E-state index contributed by atoms with van der Waals surface area (Å²) in [6.45, 7) is 4.10. The zero-order chi connectivity index (χ0) is 18.5. The Morgan fingerprint density at radius 1 is 1.19 bits per heavy atom. The second kappa shape index (κ2) is 8.47.